The SMILES string of the molecule is CC12CCN(CC1)CC2Nc1nnc(-c2ccc(C(F)(F)F)cc2O)n2ccnc12. The molecule has 0 radical (unpaired) electrons. The number of imidazole rings is 1. The second-order valence-electron chi connectivity index (χ2n) is 8.37. The second kappa shape index (κ2) is 6.56. The number of halogens is 3. The molecular formula is C20H21F3N6O. The minimum Gasteiger partial charge on any atom is -0.507 e. The monoisotopic (exact) mass is 418 g/mol. The van der Waals surface area contributed by atoms with Crippen LogP contribution in [-0.4, -0.2) is 55.3 Å². The molecule has 3 aromatic rings. The molecule has 2 N–H and O–H groups in total. The quantitative estimate of drug-likeness (QED) is 0.679. The highest BCUT2D eigenvalue weighted by Crippen LogP contribution is 2.41. The molecule has 3 aliphatic rings. The van der Waals surface area contributed by atoms with E-state index in [2.05, 4.69) is 32.3 Å². The van der Waals surface area contributed by atoms with Crippen LogP contribution in [0, 0.1) is 5.41 Å². The van der Waals surface area contributed by atoms with Crippen LogP contribution in [0.4, 0.5) is 19.0 Å². The van der Waals surface area contributed by atoms with Crippen LogP contribution < -0.4 is 5.32 Å². The fraction of sp³-hybridized carbons (Fsp3) is 0.450. The van der Waals surface area contributed by atoms with E-state index in [4.69, 9.17) is 0 Å². The number of anilines is 1. The number of piperidine rings is 3. The van der Waals surface area contributed by atoms with Crippen molar-refractivity contribution in [2.75, 3.05) is 25.0 Å². The first kappa shape index (κ1) is 19.1. The molecule has 6 rings (SSSR count). The lowest BCUT2D eigenvalue weighted by atomic mass is 9.70. The minimum absolute atomic E-state index is 0.153. The summed E-state index contributed by atoms with van der Waals surface area (Å²) in [6.45, 7) is 5.41. The summed E-state index contributed by atoms with van der Waals surface area (Å²) < 4.78 is 40.4. The molecule has 3 aliphatic heterocycles. The Labute approximate surface area is 170 Å². The Kier molecular flexibility index (Phi) is 4.18. The molecule has 0 amide bonds. The lowest BCUT2D eigenvalue weighted by molar-refractivity contribution is -0.137. The maximum absolute atomic E-state index is 12.9. The molecule has 5 heterocycles. The van der Waals surface area contributed by atoms with Gasteiger partial charge in [-0.05, 0) is 49.5 Å². The van der Waals surface area contributed by atoms with Gasteiger partial charge in [-0.1, -0.05) is 6.92 Å². The maximum Gasteiger partial charge on any atom is 0.416 e. The zero-order valence-electron chi connectivity index (χ0n) is 16.3. The molecule has 10 heteroatoms. The number of rotatable bonds is 3. The Hall–Kier alpha value is -2.88. The number of phenols is 1. The van der Waals surface area contributed by atoms with Gasteiger partial charge in [-0.15, -0.1) is 10.2 Å². The third-order valence-electron chi connectivity index (χ3n) is 6.48. The van der Waals surface area contributed by atoms with Gasteiger partial charge in [-0.25, -0.2) is 4.98 Å². The van der Waals surface area contributed by atoms with Crippen LogP contribution in [0.25, 0.3) is 17.0 Å². The number of aromatic hydroxyl groups is 1. The molecule has 158 valence electrons. The predicted octanol–water partition coefficient (Wildman–Crippen LogP) is 3.41. The molecule has 1 atom stereocenters. The van der Waals surface area contributed by atoms with Crippen molar-refractivity contribution >= 4 is 11.5 Å². The average Bonchev–Trinajstić information content (AvgIpc) is 3.19. The summed E-state index contributed by atoms with van der Waals surface area (Å²) in [7, 11) is 0. The Balaban J connectivity index is 1.51. The number of hydrogen-bond acceptors (Lipinski definition) is 6. The van der Waals surface area contributed by atoms with E-state index in [1.165, 1.54) is 6.07 Å². The van der Waals surface area contributed by atoms with Gasteiger partial charge in [-0.2, -0.15) is 13.2 Å². The maximum atomic E-state index is 12.9. The zero-order chi connectivity index (χ0) is 21.1. The van der Waals surface area contributed by atoms with Crippen molar-refractivity contribution in [1.82, 2.24) is 24.5 Å². The Morgan fingerprint density at radius 3 is 2.63 bits per heavy atom. The number of aromatic nitrogens is 4. The molecule has 3 fully saturated rings. The number of benzene rings is 1. The van der Waals surface area contributed by atoms with Crippen molar-refractivity contribution in [1.29, 1.82) is 0 Å². The van der Waals surface area contributed by atoms with Gasteiger partial charge < -0.3 is 15.3 Å². The molecular weight excluding hydrogens is 397 g/mol. The molecule has 0 aliphatic carbocycles. The van der Waals surface area contributed by atoms with E-state index in [1.54, 1.807) is 16.8 Å². The standard InChI is InChI=1S/C20H21F3N6O/c1-19-4-7-28(8-5-19)11-15(19)25-16-18-24-6-9-29(18)17(27-26-16)13-3-2-12(10-14(13)30)20(21,22)23/h2-3,6,9-10,15,30H,4-5,7-8,11H2,1H3,(H,25,26). The van der Waals surface area contributed by atoms with E-state index in [0.717, 1.165) is 38.5 Å². The summed E-state index contributed by atoms with van der Waals surface area (Å²) in [4.78, 5) is 6.79. The van der Waals surface area contributed by atoms with Crippen LogP contribution in [0.2, 0.25) is 0 Å². The first-order valence-corrected chi connectivity index (χ1v) is 9.84. The molecule has 0 spiro atoms. The molecule has 30 heavy (non-hydrogen) atoms. The van der Waals surface area contributed by atoms with Gasteiger partial charge in [0, 0.05) is 25.0 Å². The lowest BCUT2D eigenvalue weighted by Crippen LogP contribution is -2.59. The van der Waals surface area contributed by atoms with E-state index >= 15 is 0 Å². The van der Waals surface area contributed by atoms with Crippen LogP contribution in [0.1, 0.15) is 25.3 Å². The van der Waals surface area contributed by atoms with E-state index in [1.807, 2.05) is 0 Å². The molecule has 1 aromatic carbocycles. The second-order valence-corrected chi connectivity index (χ2v) is 8.37. The molecule has 7 nitrogen and oxygen atoms in total. The smallest absolute Gasteiger partial charge is 0.416 e. The van der Waals surface area contributed by atoms with E-state index in [0.29, 0.717) is 17.5 Å². The summed E-state index contributed by atoms with van der Waals surface area (Å²) in [5, 5.41) is 22.2. The van der Waals surface area contributed by atoms with Crippen LogP contribution in [0.15, 0.2) is 30.6 Å². The van der Waals surface area contributed by atoms with Crippen molar-refractivity contribution in [3.05, 3.63) is 36.2 Å². The van der Waals surface area contributed by atoms with Crippen molar-refractivity contribution in [3.63, 3.8) is 0 Å². The van der Waals surface area contributed by atoms with Gasteiger partial charge in [0.25, 0.3) is 0 Å². The Morgan fingerprint density at radius 1 is 1.20 bits per heavy atom. The van der Waals surface area contributed by atoms with E-state index < -0.39 is 17.5 Å². The number of alkyl halides is 3. The number of nitrogens with one attached hydrogen (secondary N) is 1. The normalized spacial score (nSPS) is 26.3. The zero-order valence-corrected chi connectivity index (χ0v) is 16.3. The summed E-state index contributed by atoms with van der Waals surface area (Å²) >= 11 is 0. The first-order chi connectivity index (χ1) is 14.2. The highest BCUT2D eigenvalue weighted by Gasteiger charge is 2.44. The number of phenolic OH excluding ortho intramolecular Hbond substituents is 1. The van der Waals surface area contributed by atoms with Crippen LogP contribution in [0.3, 0.4) is 0 Å². The van der Waals surface area contributed by atoms with Crippen LogP contribution >= 0.6 is 0 Å². The van der Waals surface area contributed by atoms with Crippen LogP contribution in [-0.2, 0) is 6.18 Å². The largest absolute Gasteiger partial charge is 0.507 e. The topological polar surface area (TPSA) is 78.6 Å². The highest BCUT2D eigenvalue weighted by atomic mass is 19.4. The molecule has 2 aromatic heterocycles. The summed E-state index contributed by atoms with van der Waals surface area (Å²) in [5.41, 5.74) is -0.0867. The average molecular weight is 418 g/mol. The predicted molar refractivity (Wildman–Crippen MR) is 104 cm³/mol. The fourth-order valence-electron chi connectivity index (χ4n) is 4.47. The van der Waals surface area contributed by atoms with Crippen LogP contribution in [0.5, 0.6) is 5.75 Å². The molecule has 3 saturated heterocycles. The number of nitrogens with zero attached hydrogens (tertiary/aromatic N) is 5. The summed E-state index contributed by atoms with van der Waals surface area (Å²) in [5.74, 6) is 0.231. The van der Waals surface area contributed by atoms with Crippen molar-refractivity contribution < 1.29 is 18.3 Å². The van der Waals surface area contributed by atoms with Crippen molar-refractivity contribution in [3.8, 4) is 17.1 Å². The van der Waals surface area contributed by atoms with Crippen molar-refractivity contribution in [2.45, 2.75) is 32.0 Å². The third-order valence-corrected chi connectivity index (χ3v) is 6.48. The lowest BCUT2D eigenvalue weighted by Gasteiger charge is -2.52. The van der Waals surface area contributed by atoms with Gasteiger partial charge in [0.15, 0.2) is 17.3 Å². The van der Waals surface area contributed by atoms with E-state index in [-0.39, 0.29) is 22.8 Å². The number of fused-ring (bicyclic) bond motifs is 4. The van der Waals surface area contributed by atoms with Gasteiger partial charge in [0.2, 0.25) is 0 Å². The summed E-state index contributed by atoms with van der Waals surface area (Å²) in [6.07, 6.45) is 0.915. The van der Waals surface area contributed by atoms with Gasteiger partial charge in [0.05, 0.1) is 11.1 Å². The van der Waals surface area contributed by atoms with E-state index in [9.17, 15) is 18.3 Å². The van der Waals surface area contributed by atoms with Gasteiger partial charge in [0.1, 0.15) is 5.75 Å². The first-order valence-electron chi connectivity index (χ1n) is 9.84. The molecule has 1 unspecified atom stereocenters. The minimum atomic E-state index is -4.54. The van der Waals surface area contributed by atoms with Gasteiger partial charge in [-0.3, -0.25) is 4.40 Å². The Morgan fingerprint density at radius 2 is 1.97 bits per heavy atom. The Bertz CT molecular complexity index is 1100. The number of hydrogen-bond donors (Lipinski definition) is 2. The fourth-order valence-corrected chi connectivity index (χ4v) is 4.47. The summed E-state index contributed by atoms with van der Waals surface area (Å²) in [6, 6.07) is 3.02. The van der Waals surface area contributed by atoms with Crippen molar-refractivity contribution in [2.24, 2.45) is 5.41 Å². The third kappa shape index (κ3) is 3.06. The molecule has 0 saturated carbocycles. The highest BCUT2D eigenvalue weighted by molar-refractivity contribution is 5.71. The molecule has 2 bridgehead atoms. The van der Waals surface area contributed by atoms with Gasteiger partial charge >= 0.3 is 6.18 Å².